The largest absolute Gasteiger partial charge is 0.510 e. The van der Waals surface area contributed by atoms with Gasteiger partial charge in [-0.15, -0.1) is 0 Å². The number of nitrogens with one attached hydrogen (secondary N) is 1. The number of carbonyl (C=O) groups is 1. The summed E-state index contributed by atoms with van der Waals surface area (Å²) < 4.78 is 10.6. The van der Waals surface area contributed by atoms with Gasteiger partial charge in [0.2, 0.25) is 0 Å². The summed E-state index contributed by atoms with van der Waals surface area (Å²) in [6.45, 7) is 0.227. The van der Waals surface area contributed by atoms with Gasteiger partial charge in [-0.3, -0.25) is 5.32 Å². The zero-order valence-electron chi connectivity index (χ0n) is 10.4. The average Bonchev–Trinajstić information content (AvgIpc) is 2.23. The third-order valence-electron chi connectivity index (χ3n) is 4.62. The normalized spacial score (nSPS) is 42.5. The van der Waals surface area contributed by atoms with Crippen LogP contribution in [0, 0.1) is 17.8 Å². The van der Waals surface area contributed by atoms with Crippen LogP contribution in [0.5, 0.6) is 0 Å². The Bertz CT molecular complexity index is 281. The summed E-state index contributed by atoms with van der Waals surface area (Å²) in [5, 5.41) is 2.78. The first-order valence-electron chi connectivity index (χ1n) is 6.69. The second-order valence-electron chi connectivity index (χ2n) is 6.09. The van der Waals surface area contributed by atoms with Gasteiger partial charge in [0, 0.05) is 0 Å². The summed E-state index contributed by atoms with van der Waals surface area (Å²) in [4.78, 5) is 11.6. The van der Waals surface area contributed by atoms with Gasteiger partial charge in [-0.05, 0) is 63.3 Å². The van der Waals surface area contributed by atoms with E-state index in [0.717, 1.165) is 37.0 Å². The molecule has 4 fully saturated rings. The van der Waals surface area contributed by atoms with Crippen molar-refractivity contribution in [1.82, 2.24) is 5.32 Å². The fraction of sp³-hybridized carbons (Fsp3) is 0.923. The highest BCUT2D eigenvalue weighted by Gasteiger charge is 2.53. The van der Waals surface area contributed by atoms with E-state index < -0.39 is 6.16 Å². The van der Waals surface area contributed by atoms with Crippen LogP contribution in [0.1, 0.15) is 38.5 Å². The standard InChI is InChI=1S/C13H21NO3/c1-14-8-16-12(15)17-13-5-9-2-10(6-13)4-11(3-9)7-13/h9-11,14H,2-8H2,1H3. The molecule has 4 heteroatoms. The molecule has 4 nitrogen and oxygen atoms in total. The molecule has 0 atom stereocenters. The molecule has 0 saturated heterocycles. The van der Waals surface area contributed by atoms with Gasteiger partial charge < -0.3 is 9.47 Å². The van der Waals surface area contributed by atoms with Crippen molar-refractivity contribution < 1.29 is 14.3 Å². The van der Waals surface area contributed by atoms with E-state index in [1.165, 1.54) is 19.3 Å². The Balaban J connectivity index is 1.64. The fourth-order valence-electron chi connectivity index (χ4n) is 4.49. The first kappa shape index (κ1) is 11.3. The van der Waals surface area contributed by atoms with E-state index in [-0.39, 0.29) is 12.3 Å². The minimum atomic E-state index is -0.499. The van der Waals surface area contributed by atoms with Crippen molar-refractivity contribution in [3.05, 3.63) is 0 Å². The molecule has 0 heterocycles. The smallest absolute Gasteiger partial charge is 0.428 e. The first-order valence-corrected chi connectivity index (χ1v) is 6.69. The van der Waals surface area contributed by atoms with E-state index in [1.54, 1.807) is 7.05 Å². The molecule has 0 spiro atoms. The molecule has 96 valence electrons. The van der Waals surface area contributed by atoms with Gasteiger partial charge in [0.25, 0.3) is 0 Å². The fourth-order valence-corrected chi connectivity index (χ4v) is 4.49. The molecular weight excluding hydrogens is 218 g/mol. The zero-order chi connectivity index (χ0) is 11.9. The summed E-state index contributed by atoms with van der Waals surface area (Å²) >= 11 is 0. The second-order valence-corrected chi connectivity index (χ2v) is 6.09. The lowest BCUT2D eigenvalue weighted by molar-refractivity contribution is -0.142. The van der Waals surface area contributed by atoms with Gasteiger partial charge >= 0.3 is 6.16 Å². The van der Waals surface area contributed by atoms with E-state index in [4.69, 9.17) is 9.47 Å². The maximum atomic E-state index is 11.6. The van der Waals surface area contributed by atoms with Crippen LogP contribution in [0.4, 0.5) is 4.79 Å². The predicted molar refractivity (Wildman–Crippen MR) is 62.4 cm³/mol. The molecule has 0 aromatic rings. The van der Waals surface area contributed by atoms with Gasteiger partial charge in [-0.2, -0.15) is 0 Å². The van der Waals surface area contributed by atoms with Crippen molar-refractivity contribution >= 4 is 6.16 Å². The number of hydrogen-bond acceptors (Lipinski definition) is 4. The van der Waals surface area contributed by atoms with Crippen LogP contribution in [0.3, 0.4) is 0 Å². The number of rotatable bonds is 3. The number of carbonyl (C=O) groups excluding carboxylic acids is 1. The topological polar surface area (TPSA) is 47.6 Å². The molecule has 4 bridgehead atoms. The van der Waals surface area contributed by atoms with Crippen molar-refractivity contribution in [1.29, 1.82) is 0 Å². The van der Waals surface area contributed by atoms with Gasteiger partial charge in [-0.25, -0.2) is 4.79 Å². The third-order valence-corrected chi connectivity index (χ3v) is 4.62. The number of hydrogen-bond donors (Lipinski definition) is 1. The Morgan fingerprint density at radius 2 is 1.71 bits per heavy atom. The Hall–Kier alpha value is -0.770. The van der Waals surface area contributed by atoms with Crippen LogP contribution in [0.2, 0.25) is 0 Å². The molecule has 4 saturated carbocycles. The molecule has 4 rings (SSSR count). The highest BCUT2D eigenvalue weighted by atomic mass is 16.7. The maximum absolute atomic E-state index is 11.6. The van der Waals surface area contributed by atoms with Gasteiger partial charge in [0.15, 0.2) is 0 Å². The molecule has 0 radical (unpaired) electrons. The van der Waals surface area contributed by atoms with E-state index in [0.29, 0.717) is 0 Å². The second kappa shape index (κ2) is 4.16. The maximum Gasteiger partial charge on any atom is 0.510 e. The molecule has 1 N–H and O–H groups in total. The molecule has 17 heavy (non-hydrogen) atoms. The van der Waals surface area contributed by atoms with Crippen LogP contribution in [-0.4, -0.2) is 25.5 Å². The predicted octanol–water partition coefficient (Wildman–Crippen LogP) is 2.29. The molecule has 4 aliphatic carbocycles. The minimum absolute atomic E-state index is 0.181. The lowest BCUT2D eigenvalue weighted by Gasteiger charge is -2.55. The first-order chi connectivity index (χ1) is 8.19. The lowest BCUT2D eigenvalue weighted by Crippen LogP contribution is -2.52. The van der Waals surface area contributed by atoms with Crippen LogP contribution < -0.4 is 5.32 Å². The molecule has 0 aromatic carbocycles. The van der Waals surface area contributed by atoms with Crippen molar-refractivity contribution in [3.8, 4) is 0 Å². The Labute approximate surface area is 102 Å². The third kappa shape index (κ3) is 2.15. The minimum Gasteiger partial charge on any atom is -0.428 e. The van der Waals surface area contributed by atoms with Crippen LogP contribution >= 0.6 is 0 Å². The van der Waals surface area contributed by atoms with E-state index in [9.17, 15) is 4.79 Å². The Morgan fingerprint density at radius 1 is 1.18 bits per heavy atom. The number of ether oxygens (including phenoxy) is 2. The van der Waals surface area contributed by atoms with Crippen molar-refractivity contribution in [2.24, 2.45) is 17.8 Å². The Kier molecular flexibility index (Phi) is 2.77. The summed E-state index contributed by atoms with van der Waals surface area (Å²) in [5.41, 5.74) is -0.181. The van der Waals surface area contributed by atoms with Gasteiger partial charge in [-0.1, -0.05) is 0 Å². The van der Waals surface area contributed by atoms with Gasteiger partial charge in [0.1, 0.15) is 12.3 Å². The van der Waals surface area contributed by atoms with Crippen molar-refractivity contribution in [2.45, 2.75) is 44.1 Å². The van der Waals surface area contributed by atoms with Crippen LogP contribution in [-0.2, 0) is 9.47 Å². The lowest BCUT2D eigenvalue weighted by atomic mass is 9.54. The van der Waals surface area contributed by atoms with Crippen molar-refractivity contribution in [2.75, 3.05) is 13.8 Å². The highest BCUT2D eigenvalue weighted by molar-refractivity contribution is 5.60. The molecule has 4 aliphatic rings. The van der Waals surface area contributed by atoms with E-state index >= 15 is 0 Å². The van der Waals surface area contributed by atoms with Crippen LogP contribution in [0.25, 0.3) is 0 Å². The molecule has 0 aliphatic heterocycles. The molecular formula is C13H21NO3. The zero-order valence-corrected chi connectivity index (χ0v) is 10.4. The van der Waals surface area contributed by atoms with Crippen molar-refractivity contribution in [3.63, 3.8) is 0 Å². The molecule has 0 amide bonds. The highest BCUT2D eigenvalue weighted by Crippen LogP contribution is 2.57. The monoisotopic (exact) mass is 239 g/mol. The quantitative estimate of drug-likeness (QED) is 0.606. The molecule has 0 aromatic heterocycles. The average molecular weight is 239 g/mol. The summed E-state index contributed by atoms with van der Waals surface area (Å²) in [6.07, 6.45) is 6.76. The molecule has 0 unspecified atom stereocenters. The van der Waals surface area contributed by atoms with Crippen LogP contribution in [0.15, 0.2) is 0 Å². The van der Waals surface area contributed by atoms with E-state index in [2.05, 4.69) is 5.32 Å². The van der Waals surface area contributed by atoms with Gasteiger partial charge in [0.05, 0.1) is 0 Å². The SMILES string of the molecule is CNCOC(=O)OC12CC3CC(CC(C3)C1)C2. The van der Waals surface area contributed by atoms with E-state index in [1.807, 2.05) is 0 Å². The Morgan fingerprint density at radius 3 is 2.18 bits per heavy atom. The summed E-state index contributed by atoms with van der Waals surface area (Å²) in [6, 6.07) is 0. The summed E-state index contributed by atoms with van der Waals surface area (Å²) in [7, 11) is 1.75. The summed E-state index contributed by atoms with van der Waals surface area (Å²) in [5.74, 6) is 2.37.